The Bertz CT molecular complexity index is 2440. The van der Waals surface area contributed by atoms with Crippen LogP contribution < -0.4 is 16.0 Å². The first-order chi connectivity index (χ1) is 44.9. The van der Waals surface area contributed by atoms with Gasteiger partial charge in [0, 0.05) is 20.8 Å². The molecule has 24 N–H and O–H groups in total. The van der Waals surface area contributed by atoms with E-state index in [1.165, 1.54) is 6.92 Å². The standard InChI is InChI=1S/C53H89N3O39/c1-12-26(66)34(74)38(78)49(82-12)92-42-25(56-15(4)65)46(80)83-21(10-62)41(42)91-48-24(55-14(3)64)33(73)40(20(9-61)88-48)90-53-45(95-50-37(77)30(70)19(8-60)86-50)43(93-51-39(79)35(75)28(68)17(6-58)85-51)31(71)22(89-53)11-81-52-44(36(76)29(69)18(7-59)87-52)94-47-23(54-13(2)63)32(72)27(67)16(5-57)84-47/h12,16-53,57-62,66-80H,5-11H2,1-4H3,(H,54,63)(H,55,64)(H,56,65)/t12-,16+,17+,18+,19+,20+,21+,22+,23+,24+,25+,26+,27+,28+,29+,30-,31+,32+,33+,34+,35-,36-,37+,38-,39-,40+,41+,42+,43-,44-,45-,46?,47-,48-,49-,50-,51+,52-,53-/m0/s1. The Hall–Kier alpha value is -3.03. The van der Waals surface area contributed by atoms with Gasteiger partial charge in [0.2, 0.25) is 17.7 Å². The van der Waals surface area contributed by atoms with Crippen molar-refractivity contribution >= 4 is 17.7 Å². The van der Waals surface area contributed by atoms with Gasteiger partial charge in [-0.3, -0.25) is 14.4 Å². The van der Waals surface area contributed by atoms with Gasteiger partial charge in [-0.25, -0.2) is 0 Å². The first-order valence-corrected chi connectivity index (χ1v) is 30.4. The molecule has 0 aliphatic carbocycles. The fourth-order valence-electron chi connectivity index (χ4n) is 12.3. The molecule has 95 heavy (non-hydrogen) atoms. The number of amides is 3. The van der Waals surface area contributed by atoms with Crippen LogP contribution in [0.4, 0.5) is 0 Å². The quantitative estimate of drug-likeness (QED) is 0.0427. The van der Waals surface area contributed by atoms with Crippen LogP contribution in [0.5, 0.6) is 0 Å². The molecule has 0 bridgehead atoms. The summed E-state index contributed by atoms with van der Waals surface area (Å²) < 4.78 is 89.6. The Morgan fingerprint density at radius 1 is 0.295 bits per heavy atom. The number of carbonyl (C=O) groups is 3. The van der Waals surface area contributed by atoms with Crippen LogP contribution in [0.1, 0.15) is 27.7 Å². The number of aliphatic hydroxyl groups is 21. The minimum Gasteiger partial charge on any atom is -0.394 e. The number of nitrogens with one attached hydrogen (secondary N) is 3. The van der Waals surface area contributed by atoms with Gasteiger partial charge >= 0.3 is 0 Å². The highest BCUT2D eigenvalue weighted by Crippen LogP contribution is 2.40. The van der Waals surface area contributed by atoms with E-state index in [1.54, 1.807) is 0 Å². The molecule has 1 unspecified atom stereocenters. The summed E-state index contributed by atoms with van der Waals surface area (Å²) in [4.78, 5) is 38.2. The molecule has 0 aromatic heterocycles. The smallest absolute Gasteiger partial charge is 0.217 e. The molecule has 8 rings (SSSR count). The number of carbonyl (C=O) groups excluding carboxylic acids is 3. The molecular weight excluding hydrogens is 1300 g/mol. The maximum Gasteiger partial charge on any atom is 0.217 e. The Labute approximate surface area is 538 Å². The molecule has 42 heteroatoms. The topological polar surface area (TPSA) is 651 Å². The summed E-state index contributed by atoms with van der Waals surface area (Å²) in [6.07, 6.45) is -71.6. The van der Waals surface area contributed by atoms with Gasteiger partial charge in [0.15, 0.2) is 50.3 Å². The van der Waals surface area contributed by atoms with Crippen LogP contribution in [-0.4, -0.2) is 411 Å². The molecule has 42 nitrogen and oxygen atoms in total. The number of ether oxygens (including phenoxy) is 15. The van der Waals surface area contributed by atoms with Gasteiger partial charge in [-0.05, 0) is 6.92 Å². The van der Waals surface area contributed by atoms with Gasteiger partial charge < -0.3 is 194 Å². The SMILES string of the molecule is CC(=O)N[C@H]1[C@H](O[C@H]2[C@H](O[C@@H]3O[C@@H](C)[C@@H](O)[C@@H](O)[C@@H]3O)[C@@H](NC(C)=O)C(O)O[C@@H]2CO)O[C@H](CO)[C@@H](O[C@@H]2O[C@H](CO[C@H]3O[C@H](CO)[C@@H](O)[C@H](O)[C@@H]3O[C@@H]3O[C@H](CO)[C@@H](O)[C@H](O)[C@H]3NC(C)=O)[C@@H](O)[C@H](O[C@H]3O[C@H](CO)[C@@H](O)[C@H](O)[C@@H]3O)[C@@H]2O[C@@H]2O[C@H](CO)[C@H](O)[C@H]2O)[C@@H]1O. The van der Waals surface area contributed by atoms with Crippen LogP contribution in [0.25, 0.3) is 0 Å². The predicted octanol–water partition coefficient (Wildman–Crippen LogP) is -16.4. The van der Waals surface area contributed by atoms with Crippen LogP contribution >= 0.6 is 0 Å². The average molecular weight is 1390 g/mol. The molecule has 8 saturated heterocycles. The maximum atomic E-state index is 13.2. The first-order valence-electron chi connectivity index (χ1n) is 30.4. The first kappa shape index (κ1) is 77.7. The van der Waals surface area contributed by atoms with Crippen molar-refractivity contribution in [1.29, 1.82) is 0 Å². The zero-order valence-corrected chi connectivity index (χ0v) is 51.2. The molecule has 8 aliphatic rings. The third kappa shape index (κ3) is 17.0. The lowest BCUT2D eigenvalue weighted by Crippen LogP contribution is -2.71. The summed E-state index contributed by atoms with van der Waals surface area (Å²) in [7, 11) is 0. The Morgan fingerprint density at radius 3 is 1.18 bits per heavy atom. The molecule has 8 heterocycles. The Balaban J connectivity index is 1.17. The van der Waals surface area contributed by atoms with Crippen molar-refractivity contribution in [2.75, 3.05) is 46.2 Å². The van der Waals surface area contributed by atoms with Gasteiger partial charge in [-0.15, -0.1) is 0 Å². The maximum absolute atomic E-state index is 13.2. The van der Waals surface area contributed by atoms with E-state index in [4.69, 9.17) is 71.1 Å². The molecule has 0 radical (unpaired) electrons. The van der Waals surface area contributed by atoms with Gasteiger partial charge in [0.1, 0.15) is 183 Å². The van der Waals surface area contributed by atoms with E-state index >= 15 is 0 Å². The summed E-state index contributed by atoms with van der Waals surface area (Å²) in [6, 6.07) is -5.38. The van der Waals surface area contributed by atoms with Crippen molar-refractivity contribution in [2.24, 2.45) is 0 Å². The summed E-state index contributed by atoms with van der Waals surface area (Å²) >= 11 is 0. The van der Waals surface area contributed by atoms with Gasteiger partial charge in [-0.1, -0.05) is 0 Å². The normalized spacial score (nSPS) is 49.8. The molecule has 39 atom stereocenters. The molecule has 0 spiro atoms. The largest absolute Gasteiger partial charge is 0.394 e. The van der Waals surface area contributed by atoms with Crippen molar-refractivity contribution in [1.82, 2.24) is 16.0 Å². The number of hydrogen-bond acceptors (Lipinski definition) is 39. The Kier molecular flexibility index (Phi) is 27.5. The summed E-state index contributed by atoms with van der Waals surface area (Å²) in [5.74, 6) is -2.59. The van der Waals surface area contributed by atoms with Crippen LogP contribution in [-0.2, 0) is 85.4 Å². The summed E-state index contributed by atoms with van der Waals surface area (Å²) in [6.45, 7) is -3.08. The van der Waals surface area contributed by atoms with E-state index in [0.29, 0.717) is 0 Å². The van der Waals surface area contributed by atoms with Crippen LogP contribution in [0.15, 0.2) is 0 Å². The van der Waals surface area contributed by atoms with E-state index < -0.39 is 303 Å². The fraction of sp³-hybridized carbons (Fsp3) is 0.943. The van der Waals surface area contributed by atoms with Gasteiger partial charge in [0.25, 0.3) is 0 Å². The van der Waals surface area contributed by atoms with Crippen LogP contribution in [0.2, 0.25) is 0 Å². The molecule has 0 saturated carbocycles. The lowest BCUT2D eigenvalue weighted by Gasteiger charge is -2.51. The minimum absolute atomic E-state index is 0.815. The predicted molar refractivity (Wildman–Crippen MR) is 292 cm³/mol. The van der Waals surface area contributed by atoms with Crippen LogP contribution in [0, 0.1) is 0 Å². The minimum atomic E-state index is -2.38. The Morgan fingerprint density at radius 2 is 0.653 bits per heavy atom. The molecule has 550 valence electrons. The van der Waals surface area contributed by atoms with E-state index in [-0.39, 0.29) is 0 Å². The van der Waals surface area contributed by atoms with Crippen molar-refractivity contribution in [3.63, 3.8) is 0 Å². The third-order valence-corrected chi connectivity index (χ3v) is 17.5. The number of hydrogen-bond donors (Lipinski definition) is 24. The lowest BCUT2D eigenvalue weighted by atomic mass is 9.93. The van der Waals surface area contributed by atoms with Gasteiger partial charge in [-0.2, -0.15) is 0 Å². The second kappa shape index (κ2) is 33.6. The molecule has 8 fully saturated rings. The molecule has 0 aromatic rings. The number of aliphatic hydroxyl groups excluding tert-OH is 21. The van der Waals surface area contributed by atoms with Crippen molar-refractivity contribution in [2.45, 2.75) is 267 Å². The van der Waals surface area contributed by atoms with E-state index in [0.717, 1.165) is 20.8 Å². The van der Waals surface area contributed by atoms with Crippen molar-refractivity contribution < 1.29 is 193 Å². The average Bonchev–Trinajstić information content (AvgIpc) is 1.26. The zero-order chi connectivity index (χ0) is 69.9. The summed E-state index contributed by atoms with van der Waals surface area (Å²) in [5.41, 5.74) is 0. The van der Waals surface area contributed by atoms with E-state index in [1.807, 2.05) is 0 Å². The molecule has 3 amide bonds. The van der Waals surface area contributed by atoms with E-state index in [9.17, 15) is 122 Å². The second-order valence-corrected chi connectivity index (χ2v) is 24.1. The van der Waals surface area contributed by atoms with E-state index in [2.05, 4.69) is 16.0 Å². The van der Waals surface area contributed by atoms with Gasteiger partial charge in [0.05, 0.1) is 52.4 Å². The van der Waals surface area contributed by atoms with Crippen molar-refractivity contribution in [3.05, 3.63) is 0 Å². The van der Waals surface area contributed by atoms with Crippen LogP contribution in [0.3, 0.4) is 0 Å². The zero-order valence-electron chi connectivity index (χ0n) is 51.2. The molecule has 0 aromatic carbocycles. The second-order valence-electron chi connectivity index (χ2n) is 24.1. The fourth-order valence-corrected chi connectivity index (χ4v) is 12.3. The highest BCUT2D eigenvalue weighted by atomic mass is 16.8. The molecular formula is C53H89N3O39. The monoisotopic (exact) mass is 1390 g/mol. The third-order valence-electron chi connectivity index (χ3n) is 17.5. The molecule has 8 aliphatic heterocycles. The highest BCUT2D eigenvalue weighted by molar-refractivity contribution is 5.74. The number of rotatable bonds is 24. The van der Waals surface area contributed by atoms with Crippen molar-refractivity contribution in [3.8, 4) is 0 Å². The summed E-state index contributed by atoms with van der Waals surface area (Å²) in [5, 5.41) is 237. The lowest BCUT2D eigenvalue weighted by molar-refractivity contribution is -0.400. The highest BCUT2D eigenvalue weighted by Gasteiger charge is 2.60.